The molecule has 0 radical (unpaired) electrons. The Morgan fingerprint density at radius 2 is 1.73 bits per heavy atom. The number of nitrogens with zero attached hydrogens (tertiary/aromatic N) is 1. The maximum Gasteiger partial charge on any atom is 0.340 e. The summed E-state index contributed by atoms with van der Waals surface area (Å²) in [5, 5.41) is 4.84. The minimum absolute atomic E-state index is 0.226. The molecule has 2 aromatic rings. The van der Waals surface area contributed by atoms with Crippen molar-refractivity contribution >= 4 is 35.6 Å². The maximum atomic E-state index is 13.2. The molecule has 2 aromatic carbocycles. The fraction of sp³-hybridized carbons (Fsp3) is 0.333. The second-order valence-corrected chi connectivity index (χ2v) is 9.27. The Morgan fingerprint density at radius 1 is 1.06 bits per heavy atom. The van der Waals surface area contributed by atoms with Gasteiger partial charge in [0.1, 0.15) is 5.54 Å². The van der Waals surface area contributed by atoms with Crippen molar-refractivity contribution in [3.05, 3.63) is 65.7 Å². The number of ether oxygens (including phenoxy) is 1. The highest BCUT2D eigenvalue weighted by atomic mass is 32.2. The van der Waals surface area contributed by atoms with Crippen LogP contribution in [0, 0.1) is 0 Å². The van der Waals surface area contributed by atoms with E-state index in [-0.39, 0.29) is 11.7 Å². The summed E-state index contributed by atoms with van der Waals surface area (Å²) < 4.78 is 5.78. The van der Waals surface area contributed by atoms with Crippen LogP contribution in [0.2, 0.25) is 0 Å². The third-order valence-electron chi connectivity index (χ3n) is 5.71. The normalized spacial score (nSPS) is 20.8. The van der Waals surface area contributed by atoms with E-state index in [4.69, 9.17) is 4.74 Å². The first-order chi connectivity index (χ1) is 15.9. The first-order valence-corrected chi connectivity index (χ1v) is 11.8. The smallest absolute Gasteiger partial charge is 0.340 e. The zero-order valence-electron chi connectivity index (χ0n) is 18.2. The summed E-state index contributed by atoms with van der Waals surface area (Å²) in [6, 6.07) is 15.3. The molecule has 2 aliphatic rings. The van der Waals surface area contributed by atoms with E-state index >= 15 is 0 Å². The van der Waals surface area contributed by atoms with E-state index in [1.807, 2.05) is 6.07 Å². The van der Waals surface area contributed by atoms with Crippen LogP contribution >= 0.6 is 11.8 Å². The van der Waals surface area contributed by atoms with Crippen LogP contribution in [0.4, 0.5) is 4.79 Å². The lowest BCUT2D eigenvalue weighted by molar-refractivity contribution is -0.140. The third kappa shape index (κ3) is 5.03. The molecule has 2 aliphatic heterocycles. The maximum absolute atomic E-state index is 13.2. The van der Waals surface area contributed by atoms with Gasteiger partial charge >= 0.3 is 12.0 Å². The van der Waals surface area contributed by atoms with E-state index < -0.39 is 29.6 Å². The molecule has 2 atom stereocenters. The van der Waals surface area contributed by atoms with Crippen LogP contribution in [0.15, 0.2) is 59.5 Å². The summed E-state index contributed by atoms with van der Waals surface area (Å²) >= 11 is 1.26. The van der Waals surface area contributed by atoms with Gasteiger partial charge in [0.25, 0.3) is 11.8 Å². The number of benzene rings is 2. The lowest BCUT2D eigenvalue weighted by Gasteiger charge is -2.24. The second kappa shape index (κ2) is 9.66. The Labute approximate surface area is 196 Å². The van der Waals surface area contributed by atoms with Crippen molar-refractivity contribution in [1.29, 1.82) is 0 Å². The summed E-state index contributed by atoms with van der Waals surface area (Å²) in [6.45, 7) is 2.93. The Kier molecular flexibility index (Phi) is 6.69. The highest BCUT2D eigenvalue weighted by Gasteiger charge is 2.42. The number of likely N-dealkylation sites (tertiary alicyclic amines) is 1. The van der Waals surface area contributed by atoms with Gasteiger partial charge in [-0.2, -0.15) is 0 Å². The number of hydrogen-bond acceptors (Lipinski definition) is 6. The molecule has 2 heterocycles. The number of imide groups is 1. The number of thioether (sulfide) groups is 1. The minimum Gasteiger partial charge on any atom is -0.444 e. The van der Waals surface area contributed by atoms with Gasteiger partial charge in [-0.3, -0.25) is 14.9 Å². The fourth-order valence-electron chi connectivity index (χ4n) is 3.83. The number of hydrogen-bond donors (Lipinski definition) is 2. The molecule has 8 nitrogen and oxygen atoms in total. The van der Waals surface area contributed by atoms with Crippen molar-refractivity contribution in [2.75, 3.05) is 18.8 Å². The largest absolute Gasteiger partial charge is 0.444 e. The SMILES string of the molecule is C[C@@]1(CSc2ccccc2C(=O)O[C@H](C(=O)N2CCCC2)c2ccccc2)NC(=O)NC1=O. The average molecular weight is 468 g/mol. The van der Waals surface area contributed by atoms with E-state index in [1.54, 1.807) is 60.4 Å². The van der Waals surface area contributed by atoms with Gasteiger partial charge in [0.15, 0.2) is 0 Å². The van der Waals surface area contributed by atoms with Crippen LogP contribution in [-0.2, 0) is 14.3 Å². The van der Waals surface area contributed by atoms with Crippen LogP contribution < -0.4 is 10.6 Å². The quantitative estimate of drug-likeness (QED) is 0.369. The van der Waals surface area contributed by atoms with Gasteiger partial charge in [0.05, 0.1) is 5.56 Å². The number of esters is 1. The molecule has 2 fully saturated rings. The van der Waals surface area contributed by atoms with Gasteiger partial charge < -0.3 is 15.0 Å². The molecule has 9 heteroatoms. The molecule has 0 unspecified atom stereocenters. The van der Waals surface area contributed by atoms with Gasteiger partial charge in [0.2, 0.25) is 6.10 Å². The summed E-state index contributed by atoms with van der Waals surface area (Å²) in [5.74, 6) is -1.04. The van der Waals surface area contributed by atoms with Crippen molar-refractivity contribution in [2.24, 2.45) is 0 Å². The standard InChI is InChI=1S/C24H25N3O5S/c1-24(22(30)25-23(31)26-24)15-33-18-12-6-5-11-17(18)21(29)32-19(16-9-3-2-4-10-16)20(28)27-13-7-8-14-27/h2-6,9-12,19H,7-8,13-15H2,1H3,(H2,25,26,30,31)/t19-,24-/m0/s1. The Hall–Kier alpha value is -3.33. The average Bonchev–Trinajstić information content (AvgIpc) is 3.44. The summed E-state index contributed by atoms with van der Waals surface area (Å²) in [4.78, 5) is 52.3. The Morgan fingerprint density at radius 3 is 2.39 bits per heavy atom. The Bertz CT molecular complexity index is 1070. The van der Waals surface area contributed by atoms with Crippen LogP contribution in [-0.4, -0.2) is 53.1 Å². The van der Waals surface area contributed by atoms with Gasteiger partial charge in [0, 0.05) is 29.3 Å². The molecular formula is C24H25N3O5S. The number of rotatable bonds is 7. The molecule has 0 saturated carbocycles. The second-order valence-electron chi connectivity index (χ2n) is 8.25. The van der Waals surface area contributed by atoms with Crippen LogP contribution in [0.1, 0.15) is 41.8 Å². The van der Waals surface area contributed by atoms with Crippen LogP contribution in [0.25, 0.3) is 0 Å². The van der Waals surface area contributed by atoms with Crippen molar-refractivity contribution < 1.29 is 23.9 Å². The van der Waals surface area contributed by atoms with Crippen LogP contribution in [0.5, 0.6) is 0 Å². The number of carbonyl (C=O) groups excluding carboxylic acids is 4. The molecule has 0 aromatic heterocycles. The van der Waals surface area contributed by atoms with Crippen molar-refractivity contribution in [1.82, 2.24) is 15.5 Å². The number of carbonyl (C=O) groups is 4. The van der Waals surface area contributed by atoms with Crippen LogP contribution in [0.3, 0.4) is 0 Å². The van der Waals surface area contributed by atoms with E-state index in [1.165, 1.54) is 11.8 Å². The Balaban J connectivity index is 1.53. The summed E-state index contributed by atoms with van der Waals surface area (Å²) in [6.07, 6.45) is 0.833. The van der Waals surface area contributed by atoms with Gasteiger partial charge in [-0.05, 0) is 31.9 Å². The first-order valence-electron chi connectivity index (χ1n) is 10.8. The van der Waals surface area contributed by atoms with E-state index in [9.17, 15) is 19.2 Å². The van der Waals surface area contributed by atoms with Crippen molar-refractivity contribution in [3.63, 3.8) is 0 Å². The van der Waals surface area contributed by atoms with E-state index in [0.717, 1.165) is 12.8 Å². The molecule has 4 rings (SSSR count). The lowest BCUT2D eigenvalue weighted by Crippen LogP contribution is -2.46. The molecule has 0 bridgehead atoms. The van der Waals surface area contributed by atoms with Gasteiger partial charge in [-0.15, -0.1) is 11.8 Å². The topological polar surface area (TPSA) is 105 Å². The molecule has 33 heavy (non-hydrogen) atoms. The molecular weight excluding hydrogens is 442 g/mol. The third-order valence-corrected chi connectivity index (χ3v) is 7.10. The summed E-state index contributed by atoms with van der Waals surface area (Å²) in [7, 11) is 0. The highest BCUT2D eigenvalue weighted by molar-refractivity contribution is 7.99. The van der Waals surface area contributed by atoms with E-state index in [2.05, 4.69) is 10.6 Å². The highest BCUT2D eigenvalue weighted by Crippen LogP contribution is 2.30. The summed E-state index contributed by atoms with van der Waals surface area (Å²) in [5.41, 5.74) is -0.173. The predicted octanol–water partition coefficient (Wildman–Crippen LogP) is 2.90. The molecule has 0 aliphatic carbocycles. The zero-order chi connectivity index (χ0) is 23.4. The zero-order valence-corrected chi connectivity index (χ0v) is 19.0. The molecule has 0 spiro atoms. The minimum atomic E-state index is -1.09. The van der Waals surface area contributed by atoms with Crippen molar-refractivity contribution in [3.8, 4) is 0 Å². The first kappa shape index (κ1) is 22.8. The molecule has 4 amide bonds. The monoisotopic (exact) mass is 467 g/mol. The number of amides is 4. The number of urea groups is 1. The predicted molar refractivity (Wildman–Crippen MR) is 123 cm³/mol. The molecule has 2 N–H and O–H groups in total. The number of nitrogens with one attached hydrogen (secondary N) is 2. The van der Waals surface area contributed by atoms with Crippen molar-refractivity contribution in [2.45, 2.75) is 36.3 Å². The van der Waals surface area contributed by atoms with Gasteiger partial charge in [-0.25, -0.2) is 9.59 Å². The molecule has 172 valence electrons. The lowest BCUT2D eigenvalue weighted by atomic mass is 10.1. The van der Waals surface area contributed by atoms with Gasteiger partial charge in [-0.1, -0.05) is 42.5 Å². The van der Waals surface area contributed by atoms with E-state index in [0.29, 0.717) is 29.1 Å². The molecule has 2 saturated heterocycles. The fourth-order valence-corrected chi connectivity index (χ4v) is 4.96.